The first-order valence-corrected chi connectivity index (χ1v) is 12.3. The molecule has 2 aliphatic heterocycles. The molecule has 8 nitrogen and oxygen atoms in total. The van der Waals surface area contributed by atoms with Crippen molar-refractivity contribution in [3.8, 4) is 0 Å². The van der Waals surface area contributed by atoms with E-state index >= 15 is 0 Å². The van der Waals surface area contributed by atoms with Crippen LogP contribution >= 0.6 is 11.3 Å². The highest BCUT2D eigenvalue weighted by Crippen LogP contribution is 2.31. The summed E-state index contributed by atoms with van der Waals surface area (Å²) in [7, 11) is -3.50. The maximum Gasteiger partial charge on any atom is 0.275 e. The number of rotatable bonds is 5. The highest BCUT2D eigenvalue weighted by Gasteiger charge is 2.29. The number of hydrogen-bond donors (Lipinski definition) is 1. The van der Waals surface area contributed by atoms with E-state index in [2.05, 4.69) is 15.5 Å². The number of nitrogens with one attached hydrogen (secondary N) is 1. The smallest absolute Gasteiger partial charge is 0.275 e. The second kappa shape index (κ2) is 8.03. The molecular weight excluding hydrogens is 436 g/mol. The van der Waals surface area contributed by atoms with Crippen molar-refractivity contribution in [3.63, 3.8) is 0 Å². The minimum Gasteiger partial charge on any atom is -0.387 e. The molecule has 1 N–H and O–H groups in total. The van der Waals surface area contributed by atoms with Crippen molar-refractivity contribution < 1.29 is 18.0 Å². The molecule has 0 radical (unpaired) electrons. The topological polar surface area (TPSA) is 101 Å². The van der Waals surface area contributed by atoms with Crippen molar-refractivity contribution in [2.75, 3.05) is 18.4 Å². The lowest BCUT2D eigenvalue weighted by molar-refractivity contribution is -0.110. The zero-order chi connectivity index (χ0) is 21.4. The molecule has 1 unspecified atom stereocenters. The fourth-order valence-electron chi connectivity index (χ4n) is 3.72. The number of sulfonamides is 1. The largest absolute Gasteiger partial charge is 0.387 e. The van der Waals surface area contributed by atoms with E-state index in [9.17, 15) is 13.2 Å². The Hall–Kier alpha value is -2.82. The maximum absolute atomic E-state index is 12.8. The van der Waals surface area contributed by atoms with Crippen LogP contribution in [0.3, 0.4) is 0 Å². The molecule has 1 fully saturated rings. The molecule has 0 aliphatic carbocycles. The average Bonchev–Trinajstić information content (AvgIpc) is 3.54. The number of aromatic nitrogens is 1. The van der Waals surface area contributed by atoms with E-state index in [1.54, 1.807) is 18.2 Å². The van der Waals surface area contributed by atoms with E-state index in [-0.39, 0.29) is 16.9 Å². The second-order valence-electron chi connectivity index (χ2n) is 7.46. The third-order valence-electron chi connectivity index (χ3n) is 5.39. The van der Waals surface area contributed by atoms with Crippen molar-refractivity contribution in [2.45, 2.75) is 30.3 Å². The monoisotopic (exact) mass is 456 g/mol. The molecule has 10 heteroatoms. The van der Waals surface area contributed by atoms with E-state index in [1.165, 1.54) is 15.6 Å². The molecule has 0 spiro atoms. The summed E-state index contributed by atoms with van der Waals surface area (Å²) in [5, 5.41) is 7.08. The first kappa shape index (κ1) is 20.1. The number of thiazole rings is 1. The summed E-state index contributed by atoms with van der Waals surface area (Å²) in [5.74, 6) is -0.373. The van der Waals surface area contributed by atoms with Gasteiger partial charge in [-0.1, -0.05) is 46.8 Å². The van der Waals surface area contributed by atoms with Gasteiger partial charge in [0.1, 0.15) is 5.71 Å². The Kier molecular flexibility index (Phi) is 5.20. The molecule has 5 rings (SSSR count). The van der Waals surface area contributed by atoms with Crippen LogP contribution < -0.4 is 5.32 Å². The molecule has 1 amide bonds. The predicted octanol–water partition coefficient (Wildman–Crippen LogP) is 3.54. The van der Waals surface area contributed by atoms with Crippen LogP contribution in [0.25, 0.3) is 10.2 Å². The summed E-state index contributed by atoms with van der Waals surface area (Å²) < 4.78 is 27.8. The Morgan fingerprint density at radius 2 is 1.90 bits per heavy atom. The lowest BCUT2D eigenvalue weighted by atomic mass is 10.0. The first-order chi connectivity index (χ1) is 15.0. The minimum absolute atomic E-state index is 0.252. The summed E-state index contributed by atoms with van der Waals surface area (Å²) in [4.78, 5) is 22.7. The SMILES string of the molecule is O=C(Nc1nc2ccc(S(=O)(=O)N3CCCC3)cc2s1)C1=NOC(c2ccccc2)C1. The fourth-order valence-corrected chi connectivity index (χ4v) is 6.24. The van der Waals surface area contributed by atoms with Crippen LogP contribution in [0.1, 0.15) is 30.9 Å². The second-order valence-corrected chi connectivity index (χ2v) is 10.4. The Balaban J connectivity index is 1.30. The van der Waals surface area contributed by atoms with Crippen molar-refractivity contribution in [2.24, 2.45) is 5.16 Å². The lowest BCUT2D eigenvalue weighted by Crippen LogP contribution is -2.27. The number of oxime groups is 1. The van der Waals surface area contributed by atoms with Crippen LogP contribution in [0.15, 0.2) is 58.6 Å². The van der Waals surface area contributed by atoms with Gasteiger partial charge in [-0.3, -0.25) is 10.1 Å². The molecule has 0 bridgehead atoms. The molecule has 31 heavy (non-hydrogen) atoms. The average molecular weight is 457 g/mol. The maximum atomic E-state index is 12.8. The molecule has 3 heterocycles. The van der Waals surface area contributed by atoms with Crippen molar-refractivity contribution in [1.29, 1.82) is 0 Å². The number of hydrogen-bond acceptors (Lipinski definition) is 7. The van der Waals surface area contributed by atoms with Crippen LogP contribution in [-0.4, -0.2) is 42.4 Å². The normalized spacial score (nSPS) is 19.4. The predicted molar refractivity (Wildman–Crippen MR) is 119 cm³/mol. The fraction of sp³-hybridized carbons (Fsp3) is 0.286. The van der Waals surface area contributed by atoms with Gasteiger partial charge >= 0.3 is 0 Å². The quantitative estimate of drug-likeness (QED) is 0.633. The van der Waals surface area contributed by atoms with Crippen LogP contribution in [0.4, 0.5) is 5.13 Å². The van der Waals surface area contributed by atoms with Crippen LogP contribution in [-0.2, 0) is 19.7 Å². The minimum atomic E-state index is -3.50. The number of carbonyl (C=O) groups is 1. The van der Waals surface area contributed by atoms with Crippen LogP contribution in [0.5, 0.6) is 0 Å². The number of anilines is 1. The highest BCUT2D eigenvalue weighted by molar-refractivity contribution is 7.89. The summed E-state index contributed by atoms with van der Waals surface area (Å²) in [6, 6.07) is 14.5. The summed E-state index contributed by atoms with van der Waals surface area (Å²) in [5.41, 5.74) is 1.89. The molecule has 1 atom stereocenters. The van der Waals surface area contributed by atoms with Crippen LogP contribution in [0, 0.1) is 0 Å². The summed E-state index contributed by atoms with van der Waals surface area (Å²) >= 11 is 1.23. The van der Waals surface area contributed by atoms with Gasteiger partial charge in [-0.05, 0) is 36.6 Å². The third-order valence-corrected chi connectivity index (χ3v) is 8.21. The zero-order valence-corrected chi connectivity index (χ0v) is 18.2. The van der Waals surface area contributed by atoms with Gasteiger partial charge in [-0.15, -0.1) is 0 Å². The third kappa shape index (κ3) is 3.93. The van der Waals surface area contributed by atoms with Gasteiger partial charge in [-0.2, -0.15) is 4.31 Å². The molecule has 1 saturated heterocycles. The molecule has 2 aliphatic rings. The zero-order valence-electron chi connectivity index (χ0n) is 16.5. The Labute approximate surface area is 183 Å². The van der Waals surface area contributed by atoms with Gasteiger partial charge in [0, 0.05) is 19.5 Å². The van der Waals surface area contributed by atoms with Gasteiger partial charge in [0.15, 0.2) is 11.2 Å². The van der Waals surface area contributed by atoms with Gasteiger partial charge in [0.25, 0.3) is 5.91 Å². The molecule has 160 valence electrons. The summed E-state index contributed by atoms with van der Waals surface area (Å²) in [6.07, 6.45) is 1.86. The van der Waals surface area contributed by atoms with Gasteiger partial charge < -0.3 is 4.84 Å². The van der Waals surface area contributed by atoms with E-state index in [1.807, 2.05) is 30.3 Å². The van der Waals surface area contributed by atoms with Gasteiger partial charge in [0.05, 0.1) is 15.1 Å². The van der Waals surface area contributed by atoms with E-state index in [4.69, 9.17) is 4.84 Å². The molecule has 2 aromatic carbocycles. The summed E-state index contributed by atoms with van der Waals surface area (Å²) in [6.45, 7) is 1.11. The first-order valence-electron chi connectivity index (χ1n) is 10.0. The van der Waals surface area contributed by atoms with E-state index in [0.29, 0.717) is 40.6 Å². The number of fused-ring (bicyclic) bond motifs is 1. The van der Waals surface area contributed by atoms with Crippen molar-refractivity contribution in [1.82, 2.24) is 9.29 Å². The molecule has 3 aromatic rings. The van der Waals surface area contributed by atoms with E-state index < -0.39 is 10.0 Å². The molecule has 0 saturated carbocycles. The standard InChI is InChI=1S/C21H20N4O4S2/c26-20(17-13-18(29-24-17)14-6-2-1-3-7-14)23-21-22-16-9-8-15(12-19(16)30-21)31(27,28)25-10-4-5-11-25/h1-3,6-9,12,18H,4-5,10-11,13H2,(H,22,23,26). The van der Waals surface area contributed by atoms with Gasteiger partial charge in [0.2, 0.25) is 10.0 Å². The highest BCUT2D eigenvalue weighted by atomic mass is 32.2. The van der Waals surface area contributed by atoms with E-state index in [0.717, 1.165) is 18.4 Å². The van der Waals surface area contributed by atoms with Crippen molar-refractivity contribution >= 4 is 48.3 Å². The number of amides is 1. The number of carbonyl (C=O) groups excluding carboxylic acids is 1. The molecule has 1 aromatic heterocycles. The Bertz CT molecular complexity index is 1270. The van der Waals surface area contributed by atoms with Crippen molar-refractivity contribution in [3.05, 3.63) is 54.1 Å². The van der Waals surface area contributed by atoms with Crippen LogP contribution in [0.2, 0.25) is 0 Å². The lowest BCUT2D eigenvalue weighted by Gasteiger charge is -2.15. The Morgan fingerprint density at radius 1 is 1.13 bits per heavy atom. The number of nitrogens with zero attached hydrogens (tertiary/aromatic N) is 3. The number of benzene rings is 2. The van der Waals surface area contributed by atoms with Gasteiger partial charge in [-0.25, -0.2) is 13.4 Å². The Morgan fingerprint density at radius 3 is 2.68 bits per heavy atom. The molecular formula is C21H20N4O4S2.